The zero-order valence-electron chi connectivity index (χ0n) is 22.9. The third-order valence-electron chi connectivity index (χ3n) is 6.22. The second kappa shape index (κ2) is 15.1. The lowest BCUT2D eigenvalue weighted by Crippen LogP contribution is -2.43. The number of nitro benzene ring substituents is 1. The number of carbonyl (C=O) groups excluding carboxylic acids is 1. The molecule has 11 nitrogen and oxygen atoms in total. The van der Waals surface area contributed by atoms with Crippen LogP contribution in [0.15, 0.2) is 58.8 Å². The molecule has 1 heterocycles. The van der Waals surface area contributed by atoms with Gasteiger partial charge in [-0.05, 0) is 54.1 Å². The van der Waals surface area contributed by atoms with Crippen molar-refractivity contribution in [2.45, 2.75) is 24.3 Å². The van der Waals surface area contributed by atoms with Gasteiger partial charge >= 0.3 is 0 Å². The van der Waals surface area contributed by atoms with Gasteiger partial charge < -0.3 is 19.1 Å². The Hall–Kier alpha value is -3.23. The molecule has 0 aliphatic carbocycles. The maximum atomic E-state index is 13.7. The molecule has 41 heavy (non-hydrogen) atoms. The van der Waals surface area contributed by atoms with E-state index in [2.05, 4.69) is 0 Å². The van der Waals surface area contributed by atoms with Gasteiger partial charge in [0, 0.05) is 37.7 Å². The number of ether oxygens (including phenoxy) is 3. The minimum Gasteiger partial charge on any atom is -0.493 e. The number of nitro groups is 1. The van der Waals surface area contributed by atoms with Crippen molar-refractivity contribution in [2.24, 2.45) is 0 Å². The van der Waals surface area contributed by atoms with Crippen molar-refractivity contribution in [3.8, 4) is 11.5 Å². The Morgan fingerprint density at radius 2 is 1.80 bits per heavy atom. The minimum atomic E-state index is -4.29. The van der Waals surface area contributed by atoms with E-state index >= 15 is 0 Å². The lowest BCUT2D eigenvalue weighted by molar-refractivity contribution is -0.384. The van der Waals surface area contributed by atoms with E-state index in [-0.39, 0.29) is 23.1 Å². The van der Waals surface area contributed by atoms with Gasteiger partial charge in [-0.15, -0.1) is 11.3 Å². The van der Waals surface area contributed by atoms with E-state index in [1.807, 2.05) is 29.6 Å². The summed E-state index contributed by atoms with van der Waals surface area (Å²) in [5.41, 5.74) is 0.370. The van der Waals surface area contributed by atoms with Crippen LogP contribution in [0.25, 0.3) is 0 Å². The normalized spacial score (nSPS) is 11.4. The molecule has 222 valence electrons. The van der Waals surface area contributed by atoms with Crippen LogP contribution >= 0.6 is 22.9 Å². The van der Waals surface area contributed by atoms with Gasteiger partial charge in [-0.25, -0.2) is 8.42 Å². The summed E-state index contributed by atoms with van der Waals surface area (Å²) in [6.07, 6.45) is 0.798. The maximum Gasteiger partial charge on any atom is 0.289 e. The molecule has 2 aromatic carbocycles. The molecule has 0 aliphatic rings. The first kappa shape index (κ1) is 32.3. The standard InChI is InChI=1S/C27H32ClN3O8S2/c1-37-14-5-12-30(41(35,36)22-8-9-23(28)24(17-22)31(33)34)19-27(32)29(18-21-6-4-15-40-21)13-11-20-7-10-25(38-2)26(16-20)39-3/h4,6-10,15-17H,5,11-14,18-19H2,1-3H3. The smallest absolute Gasteiger partial charge is 0.289 e. The molecule has 14 heteroatoms. The van der Waals surface area contributed by atoms with Gasteiger partial charge in [0.25, 0.3) is 5.69 Å². The number of methoxy groups -OCH3 is 3. The van der Waals surface area contributed by atoms with Gasteiger partial charge in [0.1, 0.15) is 5.02 Å². The molecule has 0 unspecified atom stereocenters. The average molecular weight is 626 g/mol. The first-order chi connectivity index (χ1) is 19.6. The zero-order valence-corrected chi connectivity index (χ0v) is 25.3. The zero-order chi connectivity index (χ0) is 30.0. The highest BCUT2D eigenvalue weighted by Gasteiger charge is 2.30. The third-order valence-corrected chi connectivity index (χ3v) is 9.24. The van der Waals surface area contributed by atoms with Gasteiger partial charge in [0.05, 0.1) is 37.1 Å². The summed E-state index contributed by atoms with van der Waals surface area (Å²) < 4.78 is 44.0. The predicted molar refractivity (Wildman–Crippen MR) is 156 cm³/mol. The van der Waals surface area contributed by atoms with Crippen molar-refractivity contribution in [3.63, 3.8) is 0 Å². The first-order valence-electron chi connectivity index (χ1n) is 12.5. The molecule has 1 aromatic heterocycles. The Kier molecular flexibility index (Phi) is 11.9. The molecule has 3 aromatic rings. The quantitative estimate of drug-likeness (QED) is 0.128. The second-order valence-electron chi connectivity index (χ2n) is 8.89. The van der Waals surface area contributed by atoms with Crippen LogP contribution in [0.2, 0.25) is 5.02 Å². The van der Waals surface area contributed by atoms with Crippen LogP contribution in [0, 0.1) is 10.1 Å². The summed E-state index contributed by atoms with van der Waals surface area (Å²) >= 11 is 7.39. The first-order valence-corrected chi connectivity index (χ1v) is 15.2. The predicted octanol–water partition coefficient (Wildman–Crippen LogP) is 4.63. The fraction of sp³-hybridized carbons (Fsp3) is 0.370. The molecule has 0 saturated heterocycles. The van der Waals surface area contributed by atoms with Crippen LogP contribution in [0.4, 0.5) is 5.69 Å². The minimum absolute atomic E-state index is 0.0269. The number of hydrogen-bond acceptors (Lipinski definition) is 9. The maximum absolute atomic E-state index is 13.7. The fourth-order valence-corrected chi connectivity index (χ4v) is 6.40. The Morgan fingerprint density at radius 1 is 1.05 bits per heavy atom. The molecular weight excluding hydrogens is 594 g/mol. The van der Waals surface area contributed by atoms with Crippen LogP contribution in [-0.4, -0.2) is 76.0 Å². The highest BCUT2D eigenvalue weighted by atomic mass is 35.5. The molecule has 0 N–H and O–H groups in total. The summed E-state index contributed by atoms with van der Waals surface area (Å²) in [5, 5.41) is 13.1. The van der Waals surface area contributed by atoms with Crippen LogP contribution in [0.5, 0.6) is 11.5 Å². The number of thiophene rings is 1. The van der Waals surface area contributed by atoms with E-state index in [9.17, 15) is 23.3 Å². The third kappa shape index (κ3) is 8.63. The Morgan fingerprint density at radius 3 is 2.44 bits per heavy atom. The van der Waals surface area contributed by atoms with Gasteiger partial charge in [-0.1, -0.05) is 23.7 Å². The number of hydrogen-bond donors (Lipinski definition) is 0. The molecule has 0 saturated carbocycles. The number of amides is 1. The molecule has 0 atom stereocenters. The lowest BCUT2D eigenvalue weighted by Gasteiger charge is -2.27. The van der Waals surface area contributed by atoms with Gasteiger partial charge in [0.15, 0.2) is 11.5 Å². The molecule has 0 fully saturated rings. The summed E-state index contributed by atoms with van der Waals surface area (Å²) in [6.45, 7) is 0.382. The van der Waals surface area contributed by atoms with Crippen molar-refractivity contribution in [1.82, 2.24) is 9.21 Å². The number of benzene rings is 2. The average Bonchev–Trinajstić information content (AvgIpc) is 3.47. The van der Waals surface area contributed by atoms with Crippen LogP contribution in [-0.2, 0) is 32.5 Å². The second-order valence-corrected chi connectivity index (χ2v) is 12.3. The van der Waals surface area contributed by atoms with Gasteiger partial charge in [-0.2, -0.15) is 4.31 Å². The van der Waals surface area contributed by atoms with E-state index in [1.165, 1.54) is 24.5 Å². The summed E-state index contributed by atoms with van der Waals surface area (Å²) in [5.74, 6) is 0.735. The Balaban J connectivity index is 1.88. The summed E-state index contributed by atoms with van der Waals surface area (Å²) in [4.78, 5) is 26.5. The van der Waals surface area contributed by atoms with E-state index < -0.39 is 33.1 Å². The topological polar surface area (TPSA) is 129 Å². The highest BCUT2D eigenvalue weighted by molar-refractivity contribution is 7.89. The highest BCUT2D eigenvalue weighted by Crippen LogP contribution is 2.30. The van der Waals surface area contributed by atoms with E-state index in [0.29, 0.717) is 37.4 Å². The van der Waals surface area contributed by atoms with E-state index in [4.69, 9.17) is 25.8 Å². The van der Waals surface area contributed by atoms with E-state index in [0.717, 1.165) is 26.9 Å². The Labute approximate surface area is 248 Å². The molecule has 1 amide bonds. The van der Waals surface area contributed by atoms with Crippen molar-refractivity contribution in [1.29, 1.82) is 0 Å². The Bertz CT molecular complexity index is 1430. The number of nitrogens with zero attached hydrogens (tertiary/aromatic N) is 3. The number of halogens is 1. The largest absolute Gasteiger partial charge is 0.493 e. The van der Waals surface area contributed by atoms with Crippen LogP contribution < -0.4 is 9.47 Å². The number of sulfonamides is 1. The lowest BCUT2D eigenvalue weighted by atomic mass is 10.1. The molecule has 0 bridgehead atoms. The molecule has 0 aliphatic heterocycles. The molecule has 3 rings (SSSR count). The molecule has 0 radical (unpaired) electrons. The van der Waals surface area contributed by atoms with E-state index in [1.54, 1.807) is 25.2 Å². The summed E-state index contributed by atoms with van der Waals surface area (Å²) in [7, 11) is 0.293. The number of carbonyl (C=O) groups is 1. The molecule has 0 spiro atoms. The molecular formula is C27H32ClN3O8S2. The monoisotopic (exact) mass is 625 g/mol. The fourth-order valence-electron chi connectivity index (χ4n) is 4.05. The van der Waals surface area contributed by atoms with Crippen LogP contribution in [0.1, 0.15) is 16.9 Å². The van der Waals surface area contributed by atoms with Crippen molar-refractivity contribution in [2.75, 3.05) is 47.6 Å². The SMILES string of the molecule is COCCCN(CC(=O)N(CCc1ccc(OC)c(OC)c1)Cc1cccs1)S(=O)(=O)c1ccc(Cl)c([N+](=O)[O-])c1. The van der Waals surface area contributed by atoms with Crippen molar-refractivity contribution >= 4 is 44.6 Å². The van der Waals surface area contributed by atoms with Gasteiger partial charge in [0.2, 0.25) is 15.9 Å². The number of rotatable bonds is 16. The van der Waals surface area contributed by atoms with Crippen molar-refractivity contribution < 1.29 is 32.3 Å². The van der Waals surface area contributed by atoms with Crippen molar-refractivity contribution in [3.05, 3.63) is 79.5 Å². The summed E-state index contributed by atoms with van der Waals surface area (Å²) in [6, 6.07) is 12.5. The van der Waals surface area contributed by atoms with Gasteiger partial charge in [-0.3, -0.25) is 14.9 Å². The van der Waals surface area contributed by atoms with Crippen LogP contribution in [0.3, 0.4) is 0 Å².